The highest BCUT2D eigenvalue weighted by molar-refractivity contribution is 5.49. The van der Waals surface area contributed by atoms with E-state index in [4.69, 9.17) is 0 Å². The van der Waals surface area contributed by atoms with Gasteiger partial charge in [-0.3, -0.25) is 0 Å². The molecule has 1 aliphatic rings. The molecule has 3 nitrogen and oxygen atoms in total. The van der Waals surface area contributed by atoms with Gasteiger partial charge in [-0.15, -0.1) is 0 Å². The number of carbonyl (C=O) groups excluding carboxylic acids is 1. The van der Waals surface area contributed by atoms with E-state index in [-0.39, 0.29) is 5.54 Å². The van der Waals surface area contributed by atoms with Crippen LogP contribution in [0.2, 0.25) is 0 Å². The second kappa shape index (κ2) is 5.61. The summed E-state index contributed by atoms with van der Waals surface area (Å²) in [7, 11) is 4.37. The Bertz CT molecular complexity index is 198. The quantitative estimate of drug-likeness (QED) is 0.643. The minimum Gasteiger partial charge on any atom is -0.306 e. The Hall–Kier alpha value is -0.410. The first-order chi connectivity index (χ1) is 7.14. The Morgan fingerprint density at radius 2 is 2.00 bits per heavy atom. The monoisotopic (exact) mass is 212 g/mol. The number of piperidine rings is 1. The molecule has 1 heterocycles. The maximum Gasteiger partial charge on any atom is 0.120 e. The molecule has 0 aliphatic carbocycles. The highest BCUT2D eigenvalue weighted by Crippen LogP contribution is 2.31. The molecular formula is C12H24N2O. The van der Waals surface area contributed by atoms with Gasteiger partial charge in [0, 0.05) is 12.0 Å². The Morgan fingerprint density at radius 3 is 2.47 bits per heavy atom. The Balaban J connectivity index is 2.63. The molecule has 15 heavy (non-hydrogen) atoms. The zero-order valence-corrected chi connectivity index (χ0v) is 10.3. The van der Waals surface area contributed by atoms with Crippen molar-refractivity contribution in [3.05, 3.63) is 0 Å². The molecule has 1 aliphatic heterocycles. The van der Waals surface area contributed by atoms with Gasteiger partial charge in [0.05, 0.1) is 0 Å². The third-order valence-corrected chi connectivity index (χ3v) is 3.93. The van der Waals surface area contributed by atoms with Crippen LogP contribution in [0.5, 0.6) is 0 Å². The first kappa shape index (κ1) is 12.7. The fourth-order valence-corrected chi connectivity index (χ4v) is 2.52. The van der Waals surface area contributed by atoms with Crippen LogP contribution in [0.15, 0.2) is 0 Å². The smallest absolute Gasteiger partial charge is 0.120 e. The van der Waals surface area contributed by atoms with E-state index in [1.807, 2.05) is 0 Å². The number of nitrogens with zero attached hydrogens (tertiary/aromatic N) is 2. The standard InChI is InChI=1S/C12H24N2O/c1-4-14(3)12(6-5-11-15)7-9-13(2)10-8-12/h11H,4-10H2,1-3H3. The van der Waals surface area contributed by atoms with Crippen molar-refractivity contribution in [2.75, 3.05) is 33.7 Å². The summed E-state index contributed by atoms with van der Waals surface area (Å²) in [6, 6.07) is 0. The molecule has 0 unspecified atom stereocenters. The van der Waals surface area contributed by atoms with Gasteiger partial charge in [0.15, 0.2) is 0 Å². The fraction of sp³-hybridized carbons (Fsp3) is 0.917. The first-order valence-electron chi connectivity index (χ1n) is 5.98. The number of hydrogen-bond donors (Lipinski definition) is 0. The summed E-state index contributed by atoms with van der Waals surface area (Å²) in [6.45, 7) is 5.58. The van der Waals surface area contributed by atoms with E-state index in [2.05, 4.69) is 30.8 Å². The van der Waals surface area contributed by atoms with E-state index in [9.17, 15) is 4.79 Å². The molecule has 0 radical (unpaired) electrons. The van der Waals surface area contributed by atoms with Crippen molar-refractivity contribution in [3.63, 3.8) is 0 Å². The zero-order valence-electron chi connectivity index (χ0n) is 10.3. The molecule has 0 amide bonds. The summed E-state index contributed by atoms with van der Waals surface area (Å²) in [5, 5.41) is 0. The molecule has 88 valence electrons. The lowest BCUT2D eigenvalue weighted by molar-refractivity contribution is -0.108. The first-order valence-corrected chi connectivity index (χ1v) is 5.98. The molecule has 0 aromatic carbocycles. The summed E-state index contributed by atoms with van der Waals surface area (Å²) in [5.74, 6) is 0. The third-order valence-electron chi connectivity index (χ3n) is 3.93. The van der Waals surface area contributed by atoms with Gasteiger partial charge in [-0.1, -0.05) is 6.92 Å². The summed E-state index contributed by atoms with van der Waals surface area (Å²) < 4.78 is 0. The fourth-order valence-electron chi connectivity index (χ4n) is 2.52. The molecule has 3 heteroatoms. The van der Waals surface area contributed by atoms with E-state index in [0.29, 0.717) is 6.42 Å². The van der Waals surface area contributed by atoms with Crippen molar-refractivity contribution >= 4 is 6.29 Å². The van der Waals surface area contributed by atoms with Crippen LogP contribution in [0.25, 0.3) is 0 Å². The van der Waals surface area contributed by atoms with E-state index in [1.165, 1.54) is 12.8 Å². The van der Waals surface area contributed by atoms with Crippen LogP contribution < -0.4 is 0 Å². The zero-order chi connectivity index (χ0) is 11.3. The van der Waals surface area contributed by atoms with E-state index in [1.54, 1.807) is 0 Å². The topological polar surface area (TPSA) is 23.6 Å². The highest BCUT2D eigenvalue weighted by Gasteiger charge is 2.35. The van der Waals surface area contributed by atoms with Gasteiger partial charge in [-0.05, 0) is 53.0 Å². The summed E-state index contributed by atoms with van der Waals surface area (Å²) in [4.78, 5) is 15.3. The van der Waals surface area contributed by atoms with Gasteiger partial charge in [0.1, 0.15) is 6.29 Å². The van der Waals surface area contributed by atoms with Gasteiger partial charge in [-0.25, -0.2) is 0 Å². The molecular weight excluding hydrogens is 188 g/mol. The largest absolute Gasteiger partial charge is 0.306 e. The third kappa shape index (κ3) is 3.02. The maximum absolute atomic E-state index is 10.5. The van der Waals surface area contributed by atoms with Crippen LogP contribution in [-0.4, -0.2) is 55.4 Å². The van der Waals surface area contributed by atoms with E-state index >= 15 is 0 Å². The number of hydrogen-bond acceptors (Lipinski definition) is 3. The maximum atomic E-state index is 10.5. The average Bonchev–Trinajstić information content (AvgIpc) is 2.28. The van der Waals surface area contributed by atoms with Crippen molar-refractivity contribution in [2.45, 2.75) is 38.1 Å². The summed E-state index contributed by atoms with van der Waals surface area (Å²) in [6.07, 6.45) is 5.18. The van der Waals surface area contributed by atoms with Crippen LogP contribution in [0.3, 0.4) is 0 Å². The molecule has 0 spiro atoms. The van der Waals surface area contributed by atoms with Crippen molar-refractivity contribution in [2.24, 2.45) is 0 Å². The van der Waals surface area contributed by atoms with Crippen molar-refractivity contribution in [1.82, 2.24) is 9.80 Å². The predicted molar refractivity (Wildman–Crippen MR) is 63.1 cm³/mol. The van der Waals surface area contributed by atoms with E-state index < -0.39 is 0 Å². The number of aldehydes is 1. The highest BCUT2D eigenvalue weighted by atomic mass is 16.1. The molecule has 0 aromatic heterocycles. The second-order valence-corrected chi connectivity index (χ2v) is 4.75. The van der Waals surface area contributed by atoms with Crippen LogP contribution in [0, 0.1) is 0 Å². The molecule has 0 aromatic rings. The minimum absolute atomic E-state index is 0.280. The lowest BCUT2D eigenvalue weighted by Gasteiger charge is -2.46. The van der Waals surface area contributed by atoms with Crippen LogP contribution in [0.4, 0.5) is 0 Å². The Morgan fingerprint density at radius 1 is 1.40 bits per heavy atom. The van der Waals surface area contributed by atoms with Crippen LogP contribution in [-0.2, 0) is 4.79 Å². The molecule has 1 rings (SSSR count). The Labute approximate surface area is 93.4 Å². The SMILES string of the molecule is CCN(C)C1(CCC=O)CCN(C)CC1. The van der Waals surface area contributed by atoms with Crippen LogP contribution >= 0.6 is 0 Å². The Kier molecular flexibility index (Phi) is 4.74. The minimum atomic E-state index is 0.280. The van der Waals surface area contributed by atoms with Gasteiger partial charge >= 0.3 is 0 Å². The van der Waals surface area contributed by atoms with Crippen molar-refractivity contribution < 1.29 is 4.79 Å². The molecule has 1 saturated heterocycles. The van der Waals surface area contributed by atoms with Gasteiger partial charge in [0.25, 0.3) is 0 Å². The number of rotatable bonds is 5. The summed E-state index contributed by atoms with van der Waals surface area (Å²) >= 11 is 0. The summed E-state index contributed by atoms with van der Waals surface area (Å²) in [5.41, 5.74) is 0.280. The number of carbonyl (C=O) groups is 1. The average molecular weight is 212 g/mol. The van der Waals surface area contributed by atoms with Gasteiger partial charge in [0.2, 0.25) is 0 Å². The van der Waals surface area contributed by atoms with Crippen molar-refractivity contribution in [3.8, 4) is 0 Å². The molecule has 1 fully saturated rings. The number of likely N-dealkylation sites (tertiary alicyclic amines) is 1. The molecule has 0 N–H and O–H groups in total. The molecule has 0 bridgehead atoms. The predicted octanol–water partition coefficient (Wildman–Crippen LogP) is 1.38. The van der Waals surface area contributed by atoms with Crippen LogP contribution in [0.1, 0.15) is 32.6 Å². The van der Waals surface area contributed by atoms with Crippen molar-refractivity contribution in [1.29, 1.82) is 0 Å². The van der Waals surface area contributed by atoms with Gasteiger partial charge < -0.3 is 14.6 Å². The molecule has 0 saturated carbocycles. The normalized spacial score (nSPS) is 21.9. The second-order valence-electron chi connectivity index (χ2n) is 4.75. The van der Waals surface area contributed by atoms with Gasteiger partial charge in [-0.2, -0.15) is 0 Å². The lowest BCUT2D eigenvalue weighted by Crippen LogP contribution is -2.53. The van der Waals surface area contributed by atoms with E-state index in [0.717, 1.165) is 32.3 Å². The lowest BCUT2D eigenvalue weighted by atomic mass is 9.82. The molecule has 0 atom stereocenters.